The van der Waals surface area contributed by atoms with Gasteiger partial charge in [0.05, 0.1) is 25.4 Å². The molecule has 1 fully saturated rings. The number of pyridine rings is 1. The van der Waals surface area contributed by atoms with Gasteiger partial charge in [-0.05, 0) is 18.6 Å². The molecule has 8 heteroatoms. The Kier molecular flexibility index (Phi) is 4.16. The monoisotopic (exact) mass is 376 g/mol. The molecule has 2 atom stereocenters. The number of nitrogens with zero attached hydrogens (tertiary/aromatic N) is 5. The second-order valence-electron chi connectivity index (χ2n) is 7.18. The third kappa shape index (κ3) is 3.40. The molecule has 1 aliphatic carbocycles. The highest BCUT2D eigenvalue weighted by Gasteiger charge is 2.40. The highest BCUT2D eigenvalue weighted by atomic mass is 16.5. The number of hydrogen-bond donors (Lipinski definition) is 2. The van der Waals surface area contributed by atoms with Gasteiger partial charge in [0.25, 0.3) is 17.3 Å². The number of aromatic nitrogens is 6. The lowest BCUT2D eigenvalue weighted by molar-refractivity contribution is -0.564. The summed E-state index contributed by atoms with van der Waals surface area (Å²) in [6, 6.07) is 9.93. The maximum atomic E-state index is 6.03. The van der Waals surface area contributed by atoms with Crippen LogP contribution in [-0.2, 0) is 13.6 Å². The zero-order chi connectivity index (χ0) is 18.9. The Labute approximate surface area is 162 Å². The lowest BCUT2D eigenvalue weighted by atomic mass is 10.2. The number of nitrogens with one attached hydrogen (secondary N) is 2. The molecule has 2 N–H and O–H groups in total. The third-order valence-electron chi connectivity index (χ3n) is 5.06. The average Bonchev–Trinajstić information content (AvgIpc) is 3.11. The zero-order valence-corrected chi connectivity index (χ0v) is 15.6. The van der Waals surface area contributed by atoms with E-state index in [4.69, 9.17) is 4.74 Å². The molecule has 1 aliphatic rings. The topological polar surface area (TPSA) is 84.7 Å². The van der Waals surface area contributed by atoms with E-state index < -0.39 is 0 Å². The van der Waals surface area contributed by atoms with Crippen LogP contribution in [0.1, 0.15) is 23.6 Å². The first kappa shape index (κ1) is 16.7. The van der Waals surface area contributed by atoms with E-state index in [1.54, 1.807) is 4.68 Å². The van der Waals surface area contributed by atoms with E-state index in [9.17, 15) is 0 Å². The number of aromatic amines is 1. The summed E-state index contributed by atoms with van der Waals surface area (Å²) in [7, 11) is 1.91. The number of H-pyrrole nitrogens is 1. The van der Waals surface area contributed by atoms with Gasteiger partial charge in [0.1, 0.15) is 0 Å². The average molecular weight is 376 g/mol. The van der Waals surface area contributed by atoms with Crippen molar-refractivity contribution in [2.24, 2.45) is 13.0 Å². The van der Waals surface area contributed by atoms with E-state index in [2.05, 4.69) is 31.5 Å². The van der Waals surface area contributed by atoms with Gasteiger partial charge >= 0.3 is 0 Å². The highest BCUT2D eigenvalue weighted by Crippen LogP contribution is 2.46. The van der Waals surface area contributed by atoms with Crippen molar-refractivity contribution < 1.29 is 9.25 Å². The van der Waals surface area contributed by atoms with Gasteiger partial charge in [-0.15, -0.1) is 4.52 Å². The first-order chi connectivity index (χ1) is 13.8. The molecule has 8 nitrogen and oxygen atoms in total. The summed E-state index contributed by atoms with van der Waals surface area (Å²) in [6.07, 6.45) is 8.67. The molecule has 0 spiro atoms. The van der Waals surface area contributed by atoms with E-state index in [0.29, 0.717) is 30.9 Å². The second kappa shape index (κ2) is 6.95. The van der Waals surface area contributed by atoms with Gasteiger partial charge in [-0.1, -0.05) is 11.1 Å². The van der Waals surface area contributed by atoms with Crippen molar-refractivity contribution in [2.45, 2.75) is 18.9 Å². The van der Waals surface area contributed by atoms with Crippen molar-refractivity contribution in [3.8, 4) is 5.88 Å². The van der Waals surface area contributed by atoms with Crippen LogP contribution in [0.25, 0.3) is 5.65 Å². The van der Waals surface area contributed by atoms with Gasteiger partial charge < -0.3 is 4.74 Å². The maximum absolute atomic E-state index is 6.03. The van der Waals surface area contributed by atoms with Crippen LogP contribution in [0.2, 0.25) is 0 Å². The van der Waals surface area contributed by atoms with E-state index >= 15 is 0 Å². The normalized spacial score (nSPS) is 18.3. The van der Waals surface area contributed by atoms with Crippen LogP contribution in [0.15, 0.2) is 55.1 Å². The Balaban J connectivity index is 1.27. The fraction of sp³-hybridized carbons (Fsp3) is 0.300. The SMILES string of the molecule is Cn1cc(CNc2cc(OC[C@H]3C[C@@H]3c3ccccn3)nc3cc[nH][n+]23)cn1. The van der Waals surface area contributed by atoms with Gasteiger partial charge in [-0.3, -0.25) is 20.1 Å². The van der Waals surface area contributed by atoms with Crippen LogP contribution >= 0.6 is 0 Å². The van der Waals surface area contributed by atoms with Crippen LogP contribution in [0, 0.1) is 5.92 Å². The Morgan fingerprint density at radius 2 is 2.32 bits per heavy atom. The molecule has 0 unspecified atom stereocenters. The standard InChI is InChI=1S/C20H21N7O/c1-26-12-14(11-24-26)10-22-19-9-20(25-18-5-7-23-27(18)19)28-13-15-8-16(15)17-4-2-3-6-21-17/h2-7,9,11-12,15-16H,8,10,13H2,1H3,(H,22,23,25)/p+1/t15-,16+/m1/s1. The van der Waals surface area contributed by atoms with Gasteiger partial charge in [0, 0.05) is 54.8 Å². The fourth-order valence-corrected chi connectivity index (χ4v) is 3.48. The molecule has 4 aromatic heterocycles. The molecule has 0 radical (unpaired) electrons. The Morgan fingerprint density at radius 1 is 1.36 bits per heavy atom. The van der Waals surface area contributed by atoms with Gasteiger partial charge in [0.2, 0.25) is 0 Å². The largest absolute Gasteiger partial charge is 0.465 e. The van der Waals surface area contributed by atoms with Crippen molar-refractivity contribution in [1.82, 2.24) is 24.8 Å². The zero-order valence-electron chi connectivity index (χ0n) is 15.6. The number of ether oxygens (including phenoxy) is 1. The Morgan fingerprint density at radius 3 is 3.14 bits per heavy atom. The van der Waals surface area contributed by atoms with Gasteiger partial charge in [0.15, 0.2) is 0 Å². The molecular weight excluding hydrogens is 354 g/mol. The summed E-state index contributed by atoms with van der Waals surface area (Å²) in [6.45, 7) is 1.32. The van der Waals surface area contributed by atoms with Gasteiger partial charge in [-0.25, -0.2) is 0 Å². The van der Waals surface area contributed by atoms with Crippen LogP contribution in [-0.4, -0.2) is 31.5 Å². The van der Waals surface area contributed by atoms with Crippen molar-refractivity contribution in [3.05, 3.63) is 66.4 Å². The summed E-state index contributed by atoms with van der Waals surface area (Å²) >= 11 is 0. The number of rotatable bonds is 7. The third-order valence-corrected chi connectivity index (χ3v) is 5.06. The molecule has 142 valence electrons. The summed E-state index contributed by atoms with van der Waals surface area (Å²) in [5, 5.41) is 10.8. The fourth-order valence-electron chi connectivity index (χ4n) is 3.48. The van der Waals surface area contributed by atoms with Crippen molar-refractivity contribution in [1.29, 1.82) is 0 Å². The first-order valence-electron chi connectivity index (χ1n) is 9.41. The highest BCUT2D eigenvalue weighted by molar-refractivity contribution is 5.41. The number of anilines is 1. The minimum Gasteiger partial charge on any atom is -0.465 e. The predicted octanol–water partition coefficient (Wildman–Crippen LogP) is 2.07. The van der Waals surface area contributed by atoms with Crippen LogP contribution in [0.3, 0.4) is 0 Å². The van der Waals surface area contributed by atoms with E-state index in [1.807, 2.05) is 60.6 Å². The predicted molar refractivity (Wildman–Crippen MR) is 103 cm³/mol. The molecule has 0 amide bonds. The van der Waals surface area contributed by atoms with Crippen LogP contribution in [0.4, 0.5) is 5.82 Å². The van der Waals surface area contributed by atoms with E-state index in [-0.39, 0.29) is 0 Å². The molecule has 4 heterocycles. The number of fused-ring (bicyclic) bond motifs is 1. The molecule has 5 rings (SSSR count). The molecule has 0 saturated heterocycles. The van der Waals surface area contributed by atoms with Gasteiger partial charge in [-0.2, -0.15) is 5.10 Å². The maximum Gasteiger partial charge on any atom is 0.297 e. The number of hydrogen-bond acceptors (Lipinski definition) is 5. The van der Waals surface area contributed by atoms with E-state index in [0.717, 1.165) is 29.1 Å². The smallest absolute Gasteiger partial charge is 0.297 e. The van der Waals surface area contributed by atoms with Crippen molar-refractivity contribution in [3.63, 3.8) is 0 Å². The molecule has 28 heavy (non-hydrogen) atoms. The second-order valence-corrected chi connectivity index (χ2v) is 7.18. The van der Waals surface area contributed by atoms with Crippen LogP contribution in [0.5, 0.6) is 5.88 Å². The lowest BCUT2D eigenvalue weighted by Crippen LogP contribution is -2.29. The quantitative estimate of drug-likeness (QED) is 0.483. The molecule has 0 aliphatic heterocycles. The summed E-state index contributed by atoms with van der Waals surface area (Å²) in [4.78, 5) is 9.04. The van der Waals surface area contributed by atoms with Crippen molar-refractivity contribution in [2.75, 3.05) is 11.9 Å². The Hall–Kier alpha value is -3.42. The van der Waals surface area contributed by atoms with Crippen LogP contribution < -0.4 is 14.6 Å². The minimum absolute atomic E-state index is 0.495. The molecule has 0 aromatic carbocycles. The number of aryl methyl sites for hydroxylation is 1. The van der Waals surface area contributed by atoms with E-state index in [1.165, 1.54) is 0 Å². The summed E-state index contributed by atoms with van der Waals surface area (Å²) < 4.78 is 9.73. The summed E-state index contributed by atoms with van der Waals surface area (Å²) in [5.74, 6) is 2.51. The molecule has 1 saturated carbocycles. The lowest BCUT2D eigenvalue weighted by Gasteiger charge is -2.05. The minimum atomic E-state index is 0.495. The van der Waals surface area contributed by atoms with Crippen molar-refractivity contribution >= 4 is 11.5 Å². The first-order valence-corrected chi connectivity index (χ1v) is 9.41. The summed E-state index contributed by atoms with van der Waals surface area (Å²) in [5.41, 5.74) is 3.07. The molecular formula is C20H22N7O+. The molecule has 0 bridgehead atoms. The molecule has 4 aromatic rings. The Bertz CT molecular complexity index is 1090.